The first-order valence-corrected chi connectivity index (χ1v) is 14.6. The standard InChI is InChI=1S/C30H21Br3N6O3/c31-25-10-4-1-7-22(25)28(40)37-34-16-19-13-20(17-35-38-29(41)23-8-2-5-11-26(23)32)15-21(14-19)18-36-39-30(42)24-9-3-6-12-27(24)33/h1-18H,(H,37,40)(H,38,41)(H,39,42)/b34-16-,35-17+,36-18+. The number of carbonyl (C=O) groups is 3. The van der Waals surface area contributed by atoms with Gasteiger partial charge in [0.05, 0.1) is 35.3 Å². The Balaban J connectivity index is 1.52. The number of benzene rings is 4. The SMILES string of the molecule is O=C(N/N=C\c1cc(/C=N/NC(=O)c2ccccc2Br)cc(/C=N/NC(=O)c2ccccc2Br)c1)c1ccccc1Br. The second kappa shape index (κ2) is 15.1. The summed E-state index contributed by atoms with van der Waals surface area (Å²) in [6.45, 7) is 0. The molecule has 0 radical (unpaired) electrons. The predicted molar refractivity (Wildman–Crippen MR) is 174 cm³/mol. The number of hydrogen-bond donors (Lipinski definition) is 3. The van der Waals surface area contributed by atoms with Gasteiger partial charge in [0.15, 0.2) is 0 Å². The first kappa shape index (κ1) is 30.7. The largest absolute Gasteiger partial charge is 0.272 e. The van der Waals surface area contributed by atoms with Gasteiger partial charge in [-0.25, -0.2) is 16.3 Å². The van der Waals surface area contributed by atoms with Gasteiger partial charge >= 0.3 is 0 Å². The third-order valence-corrected chi connectivity index (χ3v) is 7.57. The molecule has 0 aromatic heterocycles. The van der Waals surface area contributed by atoms with E-state index in [0.29, 0.717) is 46.8 Å². The minimum Gasteiger partial charge on any atom is -0.267 e. The van der Waals surface area contributed by atoms with Crippen LogP contribution in [0.25, 0.3) is 0 Å². The molecule has 3 N–H and O–H groups in total. The molecule has 0 saturated heterocycles. The third kappa shape index (κ3) is 8.62. The van der Waals surface area contributed by atoms with Crippen LogP contribution < -0.4 is 16.3 Å². The molecule has 12 heteroatoms. The summed E-state index contributed by atoms with van der Waals surface area (Å²) >= 11 is 10.1. The summed E-state index contributed by atoms with van der Waals surface area (Å²) in [5.41, 5.74) is 10.6. The van der Waals surface area contributed by atoms with Gasteiger partial charge in [0.1, 0.15) is 0 Å². The van der Waals surface area contributed by atoms with Gasteiger partial charge in [-0.2, -0.15) is 15.3 Å². The van der Waals surface area contributed by atoms with Crippen LogP contribution in [0, 0.1) is 0 Å². The first-order chi connectivity index (χ1) is 20.3. The number of halogens is 3. The van der Waals surface area contributed by atoms with Gasteiger partial charge in [0, 0.05) is 13.4 Å². The van der Waals surface area contributed by atoms with Crippen molar-refractivity contribution in [2.75, 3.05) is 0 Å². The number of hydrazone groups is 3. The Kier molecular flexibility index (Phi) is 11.0. The highest BCUT2D eigenvalue weighted by Crippen LogP contribution is 2.17. The van der Waals surface area contributed by atoms with E-state index < -0.39 is 0 Å². The van der Waals surface area contributed by atoms with Gasteiger partial charge < -0.3 is 0 Å². The molecule has 0 heterocycles. The maximum absolute atomic E-state index is 12.5. The fourth-order valence-electron chi connectivity index (χ4n) is 3.54. The molecule has 0 spiro atoms. The van der Waals surface area contributed by atoms with Crippen molar-refractivity contribution in [3.63, 3.8) is 0 Å². The summed E-state index contributed by atoms with van der Waals surface area (Å²) in [4.78, 5) is 37.5. The van der Waals surface area contributed by atoms with E-state index >= 15 is 0 Å². The van der Waals surface area contributed by atoms with E-state index in [1.54, 1.807) is 72.8 Å². The van der Waals surface area contributed by atoms with Crippen molar-refractivity contribution in [1.82, 2.24) is 16.3 Å². The first-order valence-electron chi connectivity index (χ1n) is 12.2. The summed E-state index contributed by atoms with van der Waals surface area (Å²) in [5, 5.41) is 12.2. The number of carbonyl (C=O) groups excluding carboxylic acids is 3. The maximum atomic E-state index is 12.5. The highest BCUT2D eigenvalue weighted by Gasteiger charge is 2.10. The molecule has 210 valence electrons. The van der Waals surface area contributed by atoms with Gasteiger partial charge in [-0.05, 0) is 119 Å². The Morgan fingerprint density at radius 3 is 1.00 bits per heavy atom. The van der Waals surface area contributed by atoms with E-state index in [4.69, 9.17) is 0 Å². The molecule has 0 aliphatic heterocycles. The third-order valence-electron chi connectivity index (χ3n) is 5.49. The summed E-state index contributed by atoms with van der Waals surface area (Å²) in [6, 6.07) is 26.2. The number of nitrogens with zero attached hydrogens (tertiary/aromatic N) is 3. The Morgan fingerprint density at radius 1 is 0.476 bits per heavy atom. The van der Waals surface area contributed by atoms with E-state index in [1.165, 1.54) is 18.6 Å². The summed E-state index contributed by atoms with van der Waals surface area (Å²) in [6.07, 6.45) is 4.38. The van der Waals surface area contributed by atoms with E-state index in [-0.39, 0.29) is 17.7 Å². The van der Waals surface area contributed by atoms with Crippen molar-refractivity contribution in [2.45, 2.75) is 0 Å². The molecule has 4 aromatic carbocycles. The zero-order chi connectivity index (χ0) is 29.9. The van der Waals surface area contributed by atoms with Gasteiger partial charge in [-0.3, -0.25) is 14.4 Å². The predicted octanol–water partition coefficient (Wildman–Crippen LogP) is 6.27. The molecule has 0 atom stereocenters. The van der Waals surface area contributed by atoms with Gasteiger partial charge in [-0.15, -0.1) is 0 Å². The van der Waals surface area contributed by atoms with Crippen LogP contribution in [0.1, 0.15) is 47.8 Å². The molecule has 0 unspecified atom stereocenters. The average molecular weight is 753 g/mol. The van der Waals surface area contributed by atoms with Gasteiger partial charge in [0.25, 0.3) is 17.7 Å². The van der Waals surface area contributed by atoms with Crippen LogP contribution in [0.4, 0.5) is 0 Å². The van der Waals surface area contributed by atoms with E-state index in [9.17, 15) is 14.4 Å². The van der Waals surface area contributed by atoms with Crippen molar-refractivity contribution in [2.24, 2.45) is 15.3 Å². The molecule has 42 heavy (non-hydrogen) atoms. The fourth-order valence-corrected chi connectivity index (χ4v) is 4.93. The molecule has 0 saturated carbocycles. The summed E-state index contributed by atoms with van der Waals surface area (Å²) < 4.78 is 1.93. The zero-order valence-electron chi connectivity index (χ0n) is 21.6. The Hall–Kier alpha value is -4.26. The number of rotatable bonds is 9. The molecular weight excluding hydrogens is 732 g/mol. The maximum Gasteiger partial charge on any atom is 0.272 e. The van der Waals surface area contributed by atoms with E-state index in [2.05, 4.69) is 79.4 Å². The molecule has 0 fully saturated rings. The molecule has 0 aliphatic rings. The smallest absolute Gasteiger partial charge is 0.267 e. The number of hydrogen-bond acceptors (Lipinski definition) is 6. The molecule has 0 bridgehead atoms. The molecule has 4 aromatic rings. The van der Waals surface area contributed by atoms with E-state index in [1.807, 2.05) is 18.2 Å². The summed E-state index contributed by atoms with van der Waals surface area (Å²) in [5.74, 6) is -1.16. The van der Waals surface area contributed by atoms with Crippen LogP contribution in [0.15, 0.2) is 120 Å². The molecule has 4 rings (SSSR count). The Bertz CT molecular complexity index is 1510. The second-order valence-electron chi connectivity index (χ2n) is 8.47. The van der Waals surface area contributed by atoms with Crippen molar-refractivity contribution < 1.29 is 14.4 Å². The number of nitrogens with one attached hydrogen (secondary N) is 3. The van der Waals surface area contributed by atoms with Crippen molar-refractivity contribution >= 4 is 84.2 Å². The molecule has 3 amide bonds. The normalized spacial score (nSPS) is 11.2. The van der Waals surface area contributed by atoms with Crippen molar-refractivity contribution in [3.05, 3.63) is 138 Å². The van der Waals surface area contributed by atoms with Crippen LogP contribution in [0.5, 0.6) is 0 Å². The van der Waals surface area contributed by atoms with Crippen LogP contribution >= 0.6 is 47.8 Å². The Labute approximate surface area is 266 Å². The topological polar surface area (TPSA) is 124 Å². The monoisotopic (exact) mass is 750 g/mol. The summed E-state index contributed by atoms with van der Waals surface area (Å²) in [7, 11) is 0. The Morgan fingerprint density at radius 2 is 0.738 bits per heavy atom. The fraction of sp³-hybridized carbons (Fsp3) is 0. The zero-order valence-corrected chi connectivity index (χ0v) is 26.4. The number of amides is 3. The highest BCUT2D eigenvalue weighted by atomic mass is 79.9. The highest BCUT2D eigenvalue weighted by molar-refractivity contribution is 9.11. The lowest BCUT2D eigenvalue weighted by Gasteiger charge is -2.05. The van der Waals surface area contributed by atoms with Crippen LogP contribution in [0.3, 0.4) is 0 Å². The molecule has 9 nitrogen and oxygen atoms in total. The van der Waals surface area contributed by atoms with Crippen LogP contribution in [0.2, 0.25) is 0 Å². The minimum atomic E-state index is -0.386. The average Bonchev–Trinajstić information content (AvgIpc) is 2.97. The van der Waals surface area contributed by atoms with E-state index in [0.717, 1.165) is 0 Å². The van der Waals surface area contributed by atoms with Crippen LogP contribution in [-0.2, 0) is 0 Å². The minimum absolute atomic E-state index is 0.386. The molecule has 0 aliphatic carbocycles. The lowest BCUT2D eigenvalue weighted by molar-refractivity contribution is 0.0946. The lowest BCUT2D eigenvalue weighted by atomic mass is 10.1. The van der Waals surface area contributed by atoms with Crippen molar-refractivity contribution in [1.29, 1.82) is 0 Å². The molecular formula is C30H21Br3N6O3. The van der Waals surface area contributed by atoms with Gasteiger partial charge in [0.2, 0.25) is 0 Å². The van der Waals surface area contributed by atoms with Crippen LogP contribution in [-0.4, -0.2) is 36.4 Å². The quantitative estimate of drug-likeness (QED) is 0.138. The van der Waals surface area contributed by atoms with Gasteiger partial charge in [-0.1, -0.05) is 36.4 Å². The lowest BCUT2D eigenvalue weighted by Crippen LogP contribution is -2.18. The van der Waals surface area contributed by atoms with Crippen molar-refractivity contribution in [3.8, 4) is 0 Å². The second-order valence-corrected chi connectivity index (χ2v) is 11.0.